The summed E-state index contributed by atoms with van der Waals surface area (Å²) in [5.41, 5.74) is 0. The molecule has 1 aromatic rings. The topological polar surface area (TPSA) is 0 Å². The molecule has 0 bridgehead atoms. The van der Waals surface area contributed by atoms with E-state index in [9.17, 15) is 0 Å². The van der Waals surface area contributed by atoms with Crippen LogP contribution in [-0.4, -0.2) is 37.4 Å². The van der Waals surface area contributed by atoms with Gasteiger partial charge in [0.2, 0.25) is 0 Å². The summed E-state index contributed by atoms with van der Waals surface area (Å²) < 4.78 is 1.16. The van der Waals surface area contributed by atoms with Crippen LogP contribution in [0.4, 0.5) is 0 Å². The summed E-state index contributed by atoms with van der Waals surface area (Å²) >= 11 is 1.98. The van der Waals surface area contributed by atoms with E-state index in [1.165, 1.54) is 62.3 Å². The molecule has 0 unspecified atom stereocenters. The van der Waals surface area contributed by atoms with E-state index >= 15 is 0 Å². The van der Waals surface area contributed by atoms with Crippen LogP contribution in [0.25, 0.3) is 0 Å². The van der Waals surface area contributed by atoms with E-state index in [1.54, 1.807) is 0 Å². The third-order valence-corrected chi connectivity index (χ3v) is 4.82. The van der Waals surface area contributed by atoms with Crippen molar-refractivity contribution in [3.05, 3.63) is 30.3 Å². The van der Waals surface area contributed by atoms with E-state index in [1.807, 2.05) is 11.8 Å². The first-order chi connectivity index (χ1) is 9.64. The highest BCUT2D eigenvalue weighted by Gasteiger charge is 2.13. The van der Waals surface area contributed by atoms with Crippen molar-refractivity contribution in [1.82, 2.24) is 0 Å². The first kappa shape index (κ1) is 17.6. The van der Waals surface area contributed by atoms with Crippen LogP contribution in [0.15, 0.2) is 35.2 Å². The lowest BCUT2D eigenvalue weighted by Crippen LogP contribution is -2.42. The van der Waals surface area contributed by atoms with Crippen molar-refractivity contribution in [2.24, 2.45) is 0 Å². The molecular weight excluding hydrogens is 262 g/mol. The number of rotatable bonds is 11. The first-order valence-electron chi connectivity index (χ1n) is 8.14. The van der Waals surface area contributed by atoms with Gasteiger partial charge >= 0.3 is 0 Å². The molecular formula is C18H32NS+. The van der Waals surface area contributed by atoms with Crippen LogP contribution < -0.4 is 0 Å². The summed E-state index contributed by atoms with van der Waals surface area (Å²) in [6, 6.07) is 10.7. The van der Waals surface area contributed by atoms with Gasteiger partial charge in [-0.05, 0) is 25.0 Å². The predicted octanol–water partition coefficient (Wildman–Crippen LogP) is 5.22. The van der Waals surface area contributed by atoms with Crippen LogP contribution in [0.5, 0.6) is 0 Å². The predicted molar refractivity (Wildman–Crippen MR) is 92.4 cm³/mol. The minimum absolute atomic E-state index is 1.16. The Bertz CT molecular complexity index is 335. The van der Waals surface area contributed by atoms with Gasteiger partial charge in [-0.15, -0.1) is 11.8 Å². The van der Waals surface area contributed by atoms with Crippen molar-refractivity contribution in [3.8, 4) is 0 Å². The molecule has 0 fully saturated rings. The zero-order chi connectivity index (χ0) is 14.7. The zero-order valence-electron chi connectivity index (χ0n) is 13.6. The second-order valence-corrected chi connectivity index (χ2v) is 7.48. The summed E-state index contributed by atoms with van der Waals surface area (Å²) in [6.45, 7) is 4.86. The third-order valence-electron chi connectivity index (χ3n) is 3.83. The maximum atomic E-state index is 2.37. The fourth-order valence-corrected chi connectivity index (χ4v) is 3.53. The average Bonchev–Trinajstić information content (AvgIpc) is 2.44. The standard InChI is InChI=1S/C18H32NS/c1-4-5-6-7-8-12-15-19(2,3)16-17-20-18-13-10-9-11-14-18/h9-11,13-14H,4-8,12,15-17H2,1-3H3/q+1. The monoisotopic (exact) mass is 294 g/mol. The molecule has 1 rings (SSSR count). The second kappa shape index (κ2) is 10.3. The molecule has 0 aliphatic heterocycles. The molecule has 0 aliphatic rings. The van der Waals surface area contributed by atoms with E-state index in [0.717, 1.165) is 4.48 Å². The number of nitrogens with zero attached hydrogens (tertiary/aromatic N) is 1. The Balaban J connectivity index is 2.08. The lowest BCUT2D eigenvalue weighted by Gasteiger charge is -2.29. The lowest BCUT2D eigenvalue weighted by atomic mass is 10.1. The van der Waals surface area contributed by atoms with Gasteiger partial charge in [0.05, 0.1) is 27.2 Å². The van der Waals surface area contributed by atoms with Crippen LogP contribution in [0, 0.1) is 0 Å². The molecule has 0 atom stereocenters. The Morgan fingerprint density at radius 2 is 1.50 bits per heavy atom. The fraction of sp³-hybridized carbons (Fsp3) is 0.667. The molecule has 2 heteroatoms. The Labute approximate surface area is 130 Å². The molecule has 0 amide bonds. The van der Waals surface area contributed by atoms with E-state index in [2.05, 4.69) is 51.4 Å². The molecule has 0 radical (unpaired) electrons. The van der Waals surface area contributed by atoms with Crippen molar-refractivity contribution < 1.29 is 4.48 Å². The van der Waals surface area contributed by atoms with Crippen molar-refractivity contribution in [3.63, 3.8) is 0 Å². The normalized spacial score (nSPS) is 11.8. The molecule has 0 saturated heterocycles. The van der Waals surface area contributed by atoms with Gasteiger partial charge in [-0.1, -0.05) is 50.8 Å². The summed E-state index contributed by atoms with van der Waals surface area (Å²) in [4.78, 5) is 1.40. The number of unbranched alkanes of at least 4 members (excludes halogenated alkanes) is 5. The highest BCUT2D eigenvalue weighted by atomic mass is 32.2. The second-order valence-electron chi connectivity index (χ2n) is 6.31. The SMILES string of the molecule is CCCCCCCC[N+](C)(C)CCSc1ccccc1. The van der Waals surface area contributed by atoms with E-state index in [4.69, 9.17) is 0 Å². The highest BCUT2D eigenvalue weighted by Crippen LogP contribution is 2.18. The molecule has 114 valence electrons. The molecule has 20 heavy (non-hydrogen) atoms. The molecule has 0 aromatic heterocycles. The Morgan fingerprint density at radius 3 is 2.20 bits per heavy atom. The fourth-order valence-electron chi connectivity index (χ4n) is 2.36. The van der Waals surface area contributed by atoms with E-state index in [0.29, 0.717) is 0 Å². The zero-order valence-corrected chi connectivity index (χ0v) is 14.4. The average molecular weight is 295 g/mol. The Hall–Kier alpha value is -0.470. The van der Waals surface area contributed by atoms with Crippen molar-refractivity contribution >= 4 is 11.8 Å². The summed E-state index contributed by atoms with van der Waals surface area (Å²) in [7, 11) is 4.75. The van der Waals surface area contributed by atoms with Gasteiger partial charge in [-0.3, -0.25) is 0 Å². The van der Waals surface area contributed by atoms with Crippen molar-refractivity contribution in [1.29, 1.82) is 0 Å². The summed E-state index contributed by atoms with van der Waals surface area (Å²) in [6.07, 6.45) is 8.39. The maximum absolute atomic E-state index is 2.37. The maximum Gasteiger partial charge on any atom is 0.0878 e. The molecule has 0 saturated carbocycles. The number of hydrogen-bond donors (Lipinski definition) is 0. The minimum atomic E-state index is 1.16. The highest BCUT2D eigenvalue weighted by molar-refractivity contribution is 7.99. The minimum Gasteiger partial charge on any atom is -0.328 e. The van der Waals surface area contributed by atoms with Crippen LogP contribution >= 0.6 is 11.8 Å². The number of hydrogen-bond acceptors (Lipinski definition) is 1. The summed E-state index contributed by atoms with van der Waals surface area (Å²) in [5.74, 6) is 1.22. The smallest absolute Gasteiger partial charge is 0.0878 e. The quantitative estimate of drug-likeness (QED) is 0.306. The van der Waals surface area contributed by atoms with Crippen LogP contribution in [0.2, 0.25) is 0 Å². The van der Waals surface area contributed by atoms with Crippen LogP contribution in [-0.2, 0) is 0 Å². The molecule has 0 spiro atoms. The molecule has 1 aromatic carbocycles. The van der Waals surface area contributed by atoms with Gasteiger partial charge < -0.3 is 4.48 Å². The molecule has 0 N–H and O–H groups in total. The van der Waals surface area contributed by atoms with Crippen LogP contribution in [0.3, 0.4) is 0 Å². The van der Waals surface area contributed by atoms with Gasteiger partial charge in [-0.2, -0.15) is 0 Å². The van der Waals surface area contributed by atoms with E-state index in [-0.39, 0.29) is 0 Å². The number of benzene rings is 1. The molecule has 0 heterocycles. The lowest BCUT2D eigenvalue weighted by molar-refractivity contribution is -0.888. The largest absolute Gasteiger partial charge is 0.328 e. The van der Waals surface area contributed by atoms with E-state index < -0.39 is 0 Å². The number of quaternary nitrogens is 1. The third kappa shape index (κ3) is 8.65. The molecule has 1 nitrogen and oxygen atoms in total. The Morgan fingerprint density at radius 1 is 0.850 bits per heavy atom. The number of thioether (sulfide) groups is 1. The molecule has 0 aliphatic carbocycles. The van der Waals surface area contributed by atoms with Crippen LogP contribution in [0.1, 0.15) is 45.4 Å². The van der Waals surface area contributed by atoms with Crippen molar-refractivity contribution in [2.45, 2.75) is 50.3 Å². The first-order valence-corrected chi connectivity index (χ1v) is 9.12. The van der Waals surface area contributed by atoms with Gasteiger partial charge in [0.15, 0.2) is 0 Å². The van der Waals surface area contributed by atoms with Gasteiger partial charge in [0.25, 0.3) is 0 Å². The van der Waals surface area contributed by atoms with Gasteiger partial charge in [0.1, 0.15) is 0 Å². The van der Waals surface area contributed by atoms with Crippen molar-refractivity contribution in [2.75, 3.05) is 32.9 Å². The van der Waals surface area contributed by atoms with Gasteiger partial charge in [-0.25, -0.2) is 0 Å². The summed E-state index contributed by atoms with van der Waals surface area (Å²) in [5, 5.41) is 0. The Kier molecular flexibility index (Phi) is 9.04. The van der Waals surface area contributed by atoms with Gasteiger partial charge in [0, 0.05) is 10.6 Å².